The molecule has 1 saturated carbocycles. The first kappa shape index (κ1) is 15.8. The van der Waals surface area contributed by atoms with Crippen molar-refractivity contribution < 1.29 is 9.90 Å². The molecule has 0 amide bonds. The smallest absolute Gasteiger partial charge is 0.338 e. The Labute approximate surface area is 126 Å². The SMILES string of the molecule is CN(Cc1cccc(N)c1C(=O)O)CC1(N(C)C)CCC1. The van der Waals surface area contributed by atoms with Gasteiger partial charge in [-0.15, -0.1) is 0 Å². The van der Waals surface area contributed by atoms with Crippen LogP contribution in [0.2, 0.25) is 0 Å². The normalized spacial score (nSPS) is 17.0. The number of likely N-dealkylation sites (N-methyl/N-ethyl adjacent to an activating group) is 2. The van der Waals surface area contributed by atoms with Crippen LogP contribution in [-0.2, 0) is 6.54 Å². The van der Waals surface area contributed by atoms with Crippen molar-refractivity contribution in [1.29, 1.82) is 0 Å². The van der Waals surface area contributed by atoms with Crippen LogP contribution < -0.4 is 5.73 Å². The summed E-state index contributed by atoms with van der Waals surface area (Å²) in [6, 6.07) is 5.30. The highest BCUT2D eigenvalue weighted by molar-refractivity contribution is 5.95. The standard InChI is InChI=1S/C16H25N3O2/c1-18(2)16(8-5-9-16)11-19(3)10-12-6-4-7-13(17)14(12)15(20)21/h4,6-7H,5,8-11,17H2,1-3H3,(H,20,21). The molecule has 21 heavy (non-hydrogen) atoms. The number of hydrogen-bond acceptors (Lipinski definition) is 4. The lowest BCUT2D eigenvalue weighted by Crippen LogP contribution is -2.56. The zero-order valence-electron chi connectivity index (χ0n) is 13.1. The highest BCUT2D eigenvalue weighted by Crippen LogP contribution is 2.37. The number of carbonyl (C=O) groups is 1. The Kier molecular flexibility index (Phi) is 4.54. The quantitative estimate of drug-likeness (QED) is 0.783. The molecule has 5 heteroatoms. The van der Waals surface area contributed by atoms with E-state index in [9.17, 15) is 9.90 Å². The summed E-state index contributed by atoms with van der Waals surface area (Å²) in [6.07, 6.45) is 3.67. The number of aromatic carboxylic acids is 1. The maximum absolute atomic E-state index is 11.4. The summed E-state index contributed by atoms with van der Waals surface area (Å²) in [6.45, 7) is 1.54. The second-order valence-electron chi connectivity index (χ2n) is 6.33. The summed E-state index contributed by atoms with van der Waals surface area (Å²) < 4.78 is 0. The summed E-state index contributed by atoms with van der Waals surface area (Å²) in [7, 11) is 6.28. The number of anilines is 1. The van der Waals surface area contributed by atoms with E-state index in [1.165, 1.54) is 19.3 Å². The molecule has 0 aromatic heterocycles. The summed E-state index contributed by atoms with van der Waals surface area (Å²) in [4.78, 5) is 15.9. The van der Waals surface area contributed by atoms with Crippen LogP contribution >= 0.6 is 0 Å². The Bertz CT molecular complexity index is 524. The number of benzene rings is 1. The van der Waals surface area contributed by atoms with E-state index in [-0.39, 0.29) is 11.1 Å². The molecule has 0 radical (unpaired) electrons. The summed E-state index contributed by atoms with van der Waals surface area (Å²) >= 11 is 0. The number of nitrogens with zero attached hydrogens (tertiary/aromatic N) is 2. The lowest BCUT2D eigenvalue weighted by Gasteiger charge is -2.49. The van der Waals surface area contributed by atoms with Gasteiger partial charge in [0, 0.05) is 24.3 Å². The van der Waals surface area contributed by atoms with Crippen molar-refractivity contribution in [2.24, 2.45) is 0 Å². The molecule has 0 unspecified atom stereocenters. The minimum Gasteiger partial charge on any atom is -0.478 e. The third-order valence-electron chi connectivity index (χ3n) is 4.63. The van der Waals surface area contributed by atoms with E-state index < -0.39 is 5.97 Å². The topological polar surface area (TPSA) is 69.8 Å². The highest BCUT2D eigenvalue weighted by atomic mass is 16.4. The van der Waals surface area contributed by atoms with E-state index in [0.29, 0.717) is 12.2 Å². The van der Waals surface area contributed by atoms with Gasteiger partial charge in [-0.3, -0.25) is 0 Å². The minimum atomic E-state index is -0.956. The van der Waals surface area contributed by atoms with E-state index >= 15 is 0 Å². The zero-order valence-corrected chi connectivity index (χ0v) is 13.1. The molecule has 0 atom stereocenters. The first-order valence-electron chi connectivity index (χ1n) is 7.32. The van der Waals surface area contributed by atoms with Crippen LogP contribution in [0.5, 0.6) is 0 Å². The first-order valence-corrected chi connectivity index (χ1v) is 7.32. The molecule has 1 aliphatic rings. The zero-order chi connectivity index (χ0) is 15.6. The number of nitrogen functional groups attached to an aromatic ring is 1. The lowest BCUT2D eigenvalue weighted by molar-refractivity contribution is 0.0258. The number of carboxylic acid groups (broad SMARTS) is 1. The van der Waals surface area contributed by atoms with Gasteiger partial charge in [-0.05, 0) is 52.0 Å². The Morgan fingerprint density at radius 1 is 1.33 bits per heavy atom. The van der Waals surface area contributed by atoms with Crippen molar-refractivity contribution in [3.63, 3.8) is 0 Å². The van der Waals surface area contributed by atoms with Gasteiger partial charge in [-0.2, -0.15) is 0 Å². The predicted molar refractivity (Wildman–Crippen MR) is 84.4 cm³/mol. The minimum absolute atomic E-state index is 0.233. The molecule has 0 spiro atoms. The van der Waals surface area contributed by atoms with Crippen LogP contribution in [0.1, 0.15) is 35.2 Å². The van der Waals surface area contributed by atoms with Crippen LogP contribution in [0.15, 0.2) is 18.2 Å². The molecule has 1 aliphatic carbocycles. The van der Waals surface area contributed by atoms with Crippen LogP contribution in [0.4, 0.5) is 5.69 Å². The Morgan fingerprint density at radius 2 is 2.00 bits per heavy atom. The average Bonchev–Trinajstić information content (AvgIpc) is 2.32. The van der Waals surface area contributed by atoms with Gasteiger partial charge in [-0.1, -0.05) is 12.1 Å². The third-order valence-corrected chi connectivity index (χ3v) is 4.63. The van der Waals surface area contributed by atoms with E-state index in [1.807, 2.05) is 19.2 Å². The van der Waals surface area contributed by atoms with E-state index in [1.54, 1.807) is 6.07 Å². The van der Waals surface area contributed by atoms with Crippen molar-refractivity contribution in [1.82, 2.24) is 9.80 Å². The molecule has 0 heterocycles. The molecule has 5 nitrogen and oxygen atoms in total. The van der Waals surface area contributed by atoms with Crippen LogP contribution in [0.3, 0.4) is 0 Å². The van der Waals surface area contributed by atoms with Gasteiger partial charge in [0.2, 0.25) is 0 Å². The molecule has 3 N–H and O–H groups in total. The number of rotatable bonds is 6. The van der Waals surface area contributed by atoms with Gasteiger partial charge >= 0.3 is 5.97 Å². The number of hydrogen-bond donors (Lipinski definition) is 2. The third kappa shape index (κ3) is 3.19. The fraction of sp³-hybridized carbons (Fsp3) is 0.562. The molecule has 1 fully saturated rings. The molecular formula is C16H25N3O2. The molecule has 1 aromatic carbocycles. The van der Waals surface area contributed by atoms with E-state index in [4.69, 9.17) is 5.73 Å². The second kappa shape index (κ2) is 6.03. The van der Waals surface area contributed by atoms with Gasteiger partial charge < -0.3 is 20.6 Å². The van der Waals surface area contributed by atoms with Crippen molar-refractivity contribution in [2.75, 3.05) is 33.4 Å². The second-order valence-corrected chi connectivity index (χ2v) is 6.33. The van der Waals surface area contributed by atoms with Gasteiger partial charge in [0.1, 0.15) is 0 Å². The largest absolute Gasteiger partial charge is 0.478 e. The molecular weight excluding hydrogens is 266 g/mol. The van der Waals surface area contributed by atoms with Gasteiger partial charge in [0.05, 0.1) is 5.56 Å². The van der Waals surface area contributed by atoms with Crippen LogP contribution in [0.25, 0.3) is 0 Å². The van der Waals surface area contributed by atoms with Crippen LogP contribution in [0, 0.1) is 0 Å². The van der Waals surface area contributed by atoms with Gasteiger partial charge in [0.25, 0.3) is 0 Å². The lowest BCUT2D eigenvalue weighted by atomic mass is 9.75. The number of nitrogens with two attached hydrogens (primary N) is 1. The maximum Gasteiger partial charge on any atom is 0.338 e. The van der Waals surface area contributed by atoms with E-state index in [2.05, 4.69) is 23.9 Å². The maximum atomic E-state index is 11.4. The Balaban J connectivity index is 2.11. The van der Waals surface area contributed by atoms with Gasteiger partial charge in [-0.25, -0.2) is 4.79 Å². The fourth-order valence-electron chi connectivity index (χ4n) is 3.19. The van der Waals surface area contributed by atoms with E-state index in [0.717, 1.165) is 12.1 Å². The summed E-state index contributed by atoms with van der Waals surface area (Å²) in [5.41, 5.74) is 7.38. The molecule has 2 rings (SSSR count). The molecule has 0 aliphatic heterocycles. The van der Waals surface area contributed by atoms with Crippen molar-refractivity contribution in [3.05, 3.63) is 29.3 Å². The Hall–Kier alpha value is -1.59. The first-order chi connectivity index (χ1) is 9.85. The average molecular weight is 291 g/mol. The Morgan fingerprint density at radius 3 is 2.48 bits per heavy atom. The van der Waals surface area contributed by atoms with Crippen molar-refractivity contribution in [2.45, 2.75) is 31.3 Å². The van der Waals surface area contributed by atoms with Crippen LogP contribution in [-0.4, -0.2) is 54.1 Å². The van der Waals surface area contributed by atoms with Crippen molar-refractivity contribution in [3.8, 4) is 0 Å². The highest BCUT2D eigenvalue weighted by Gasteiger charge is 2.39. The molecule has 0 bridgehead atoms. The molecule has 1 aromatic rings. The summed E-state index contributed by atoms with van der Waals surface area (Å²) in [5, 5.41) is 9.33. The molecule has 116 valence electrons. The predicted octanol–water partition coefficient (Wildman–Crippen LogP) is 1.88. The molecule has 0 saturated heterocycles. The van der Waals surface area contributed by atoms with Crippen molar-refractivity contribution >= 4 is 11.7 Å². The summed E-state index contributed by atoms with van der Waals surface area (Å²) in [5.74, 6) is -0.956. The fourth-order valence-corrected chi connectivity index (χ4v) is 3.19. The monoisotopic (exact) mass is 291 g/mol. The van der Waals surface area contributed by atoms with Gasteiger partial charge in [0.15, 0.2) is 0 Å². The number of carboxylic acids is 1.